The van der Waals surface area contributed by atoms with Crippen LogP contribution in [-0.2, 0) is 11.3 Å². The molecule has 1 aliphatic heterocycles. The lowest BCUT2D eigenvalue weighted by Gasteiger charge is -2.34. The molecule has 7 heteroatoms. The largest absolute Gasteiger partial charge is 0.333 e. The monoisotopic (exact) mass is 368 g/mol. The van der Waals surface area contributed by atoms with Crippen LogP contribution in [0.1, 0.15) is 36.7 Å². The average Bonchev–Trinajstić information content (AvgIpc) is 3.22. The predicted octanol–water partition coefficient (Wildman–Crippen LogP) is 3.00. The van der Waals surface area contributed by atoms with Crippen LogP contribution in [0, 0.1) is 0 Å². The van der Waals surface area contributed by atoms with Crippen LogP contribution in [0.15, 0.2) is 47.0 Å². The van der Waals surface area contributed by atoms with Crippen molar-refractivity contribution in [2.75, 3.05) is 6.54 Å². The number of aromatic nitrogens is 3. The maximum Gasteiger partial charge on any atom is 0.261 e. The summed E-state index contributed by atoms with van der Waals surface area (Å²) < 4.78 is 1.53. The van der Waals surface area contributed by atoms with Gasteiger partial charge in [0.1, 0.15) is 5.01 Å². The molecule has 1 amide bonds. The molecule has 4 rings (SSSR count). The highest BCUT2D eigenvalue weighted by molar-refractivity contribution is 7.09. The first kappa shape index (κ1) is 16.9. The maximum absolute atomic E-state index is 12.8. The minimum atomic E-state index is -0.0986. The summed E-state index contributed by atoms with van der Waals surface area (Å²) >= 11 is 1.60. The number of benzene rings is 1. The Balaban J connectivity index is 1.50. The Kier molecular flexibility index (Phi) is 4.79. The van der Waals surface area contributed by atoms with Crippen molar-refractivity contribution >= 4 is 28.1 Å². The number of amides is 1. The molecular formula is C19H20N4O2S. The van der Waals surface area contributed by atoms with E-state index in [1.54, 1.807) is 23.6 Å². The Labute approximate surface area is 155 Å². The van der Waals surface area contributed by atoms with E-state index in [2.05, 4.69) is 9.97 Å². The van der Waals surface area contributed by atoms with E-state index in [0.29, 0.717) is 23.9 Å². The number of hydrogen-bond donors (Lipinski definition) is 0. The Hall–Kier alpha value is -2.54. The highest BCUT2D eigenvalue weighted by atomic mass is 32.1. The second kappa shape index (κ2) is 7.37. The summed E-state index contributed by atoms with van der Waals surface area (Å²) in [4.78, 5) is 36.0. The molecule has 1 atom stereocenters. The Morgan fingerprint density at radius 1 is 1.23 bits per heavy atom. The van der Waals surface area contributed by atoms with Gasteiger partial charge in [0.15, 0.2) is 0 Å². The zero-order chi connectivity index (χ0) is 17.9. The van der Waals surface area contributed by atoms with Crippen molar-refractivity contribution in [1.29, 1.82) is 0 Å². The number of piperidine rings is 1. The summed E-state index contributed by atoms with van der Waals surface area (Å²) in [5, 5.41) is 3.54. The number of thiazole rings is 1. The Bertz CT molecular complexity index is 967. The molecule has 0 unspecified atom stereocenters. The molecule has 1 aromatic carbocycles. The quantitative estimate of drug-likeness (QED) is 0.710. The minimum Gasteiger partial charge on any atom is -0.333 e. The summed E-state index contributed by atoms with van der Waals surface area (Å²) in [5.41, 5.74) is 0.582. The molecule has 26 heavy (non-hydrogen) atoms. The van der Waals surface area contributed by atoms with E-state index in [9.17, 15) is 9.59 Å². The van der Waals surface area contributed by atoms with Gasteiger partial charge in [0.25, 0.3) is 5.56 Å². The number of hydrogen-bond acceptors (Lipinski definition) is 5. The summed E-state index contributed by atoms with van der Waals surface area (Å²) in [6.45, 7) is 1.10. The summed E-state index contributed by atoms with van der Waals surface area (Å²) in [6, 6.07) is 7.35. The zero-order valence-corrected chi connectivity index (χ0v) is 15.2. The standard InChI is InChI=1S/C19H20N4O2S/c24-17(23-10-4-3-7-16(23)18-20-9-12-26-18)8-11-22-13-21-15-6-2-1-5-14(15)19(22)25/h1-2,5-6,9,12-13,16H,3-4,7-8,10-11H2/t16-/m0/s1. The lowest BCUT2D eigenvalue weighted by atomic mass is 10.0. The fourth-order valence-electron chi connectivity index (χ4n) is 3.51. The van der Waals surface area contributed by atoms with Crippen molar-refractivity contribution in [2.45, 2.75) is 38.3 Å². The highest BCUT2D eigenvalue weighted by Gasteiger charge is 2.29. The lowest BCUT2D eigenvalue weighted by Crippen LogP contribution is -2.39. The molecule has 0 spiro atoms. The van der Waals surface area contributed by atoms with Gasteiger partial charge < -0.3 is 4.90 Å². The third-order valence-electron chi connectivity index (χ3n) is 4.86. The summed E-state index contributed by atoms with van der Waals surface area (Å²) in [6.07, 6.45) is 6.70. The van der Waals surface area contributed by atoms with Crippen LogP contribution in [-0.4, -0.2) is 31.9 Å². The van der Waals surface area contributed by atoms with Crippen LogP contribution in [0.3, 0.4) is 0 Å². The number of carbonyl (C=O) groups excluding carboxylic acids is 1. The van der Waals surface area contributed by atoms with Gasteiger partial charge in [0.05, 0.1) is 23.3 Å². The first-order valence-electron chi connectivity index (χ1n) is 8.87. The van der Waals surface area contributed by atoms with E-state index in [-0.39, 0.29) is 17.5 Å². The SMILES string of the molecule is O=C(CCn1cnc2ccccc2c1=O)N1CCCC[C@H]1c1nccs1. The number of para-hydroxylation sites is 1. The molecule has 0 saturated carbocycles. The van der Waals surface area contributed by atoms with Gasteiger partial charge in [0, 0.05) is 31.1 Å². The van der Waals surface area contributed by atoms with Crippen molar-refractivity contribution in [3.63, 3.8) is 0 Å². The molecule has 0 radical (unpaired) electrons. The van der Waals surface area contributed by atoms with Gasteiger partial charge in [-0.1, -0.05) is 12.1 Å². The Morgan fingerprint density at radius 2 is 2.12 bits per heavy atom. The van der Waals surface area contributed by atoms with Crippen LogP contribution < -0.4 is 5.56 Å². The van der Waals surface area contributed by atoms with Crippen molar-refractivity contribution in [3.05, 3.63) is 57.5 Å². The molecule has 1 saturated heterocycles. The number of likely N-dealkylation sites (tertiary alicyclic amines) is 1. The molecule has 1 aliphatic rings. The summed E-state index contributed by atoms with van der Waals surface area (Å²) in [7, 11) is 0. The fourth-order valence-corrected chi connectivity index (χ4v) is 4.30. The van der Waals surface area contributed by atoms with Gasteiger partial charge in [-0.15, -0.1) is 11.3 Å². The molecule has 6 nitrogen and oxygen atoms in total. The molecule has 2 aromatic heterocycles. The minimum absolute atomic E-state index is 0.0719. The fraction of sp³-hybridized carbons (Fsp3) is 0.368. The highest BCUT2D eigenvalue weighted by Crippen LogP contribution is 2.32. The van der Waals surface area contributed by atoms with Crippen molar-refractivity contribution in [1.82, 2.24) is 19.4 Å². The van der Waals surface area contributed by atoms with E-state index >= 15 is 0 Å². The van der Waals surface area contributed by atoms with Gasteiger partial charge in [-0.2, -0.15) is 0 Å². The second-order valence-electron chi connectivity index (χ2n) is 6.48. The third-order valence-corrected chi connectivity index (χ3v) is 5.73. The van der Waals surface area contributed by atoms with E-state index in [1.807, 2.05) is 28.5 Å². The first-order valence-corrected chi connectivity index (χ1v) is 9.75. The van der Waals surface area contributed by atoms with Gasteiger partial charge in [-0.25, -0.2) is 9.97 Å². The van der Waals surface area contributed by atoms with Crippen LogP contribution in [0.5, 0.6) is 0 Å². The molecule has 1 fully saturated rings. The maximum atomic E-state index is 12.8. The molecule has 0 N–H and O–H groups in total. The number of fused-ring (bicyclic) bond motifs is 1. The van der Waals surface area contributed by atoms with Gasteiger partial charge in [0.2, 0.25) is 5.91 Å². The van der Waals surface area contributed by atoms with Crippen LogP contribution in [0.4, 0.5) is 0 Å². The zero-order valence-electron chi connectivity index (χ0n) is 14.4. The summed E-state index contributed by atoms with van der Waals surface area (Å²) in [5.74, 6) is 0.0740. The van der Waals surface area contributed by atoms with Crippen molar-refractivity contribution < 1.29 is 4.79 Å². The molecule has 0 aliphatic carbocycles. The van der Waals surface area contributed by atoms with E-state index in [1.165, 1.54) is 10.9 Å². The lowest BCUT2D eigenvalue weighted by molar-refractivity contribution is -0.135. The van der Waals surface area contributed by atoms with E-state index in [4.69, 9.17) is 0 Å². The van der Waals surface area contributed by atoms with Crippen LogP contribution in [0.25, 0.3) is 10.9 Å². The number of rotatable bonds is 4. The molecule has 0 bridgehead atoms. The van der Waals surface area contributed by atoms with E-state index in [0.717, 1.165) is 30.8 Å². The van der Waals surface area contributed by atoms with Crippen LogP contribution >= 0.6 is 11.3 Å². The predicted molar refractivity (Wildman–Crippen MR) is 101 cm³/mol. The second-order valence-corrected chi connectivity index (χ2v) is 7.41. The topological polar surface area (TPSA) is 68.1 Å². The third kappa shape index (κ3) is 3.26. The molecule has 134 valence electrons. The number of carbonyl (C=O) groups is 1. The average molecular weight is 368 g/mol. The normalized spacial score (nSPS) is 17.5. The van der Waals surface area contributed by atoms with Gasteiger partial charge in [-0.05, 0) is 31.4 Å². The smallest absolute Gasteiger partial charge is 0.261 e. The Morgan fingerprint density at radius 3 is 2.96 bits per heavy atom. The van der Waals surface area contributed by atoms with Gasteiger partial charge in [-0.3, -0.25) is 14.2 Å². The van der Waals surface area contributed by atoms with E-state index < -0.39 is 0 Å². The van der Waals surface area contributed by atoms with Crippen molar-refractivity contribution in [3.8, 4) is 0 Å². The van der Waals surface area contributed by atoms with Gasteiger partial charge >= 0.3 is 0 Å². The van der Waals surface area contributed by atoms with Crippen LogP contribution in [0.2, 0.25) is 0 Å². The molecule has 3 aromatic rings. The van der Waals surface area contributed by atoms with Crippen molar-refractivity contribution in [2.24, 2.45) is 0 Å². The number of nitrogens with zero attached hydrogens (tertiary/aromatic N) is 4. The molecule has 3 heterocycles. The number of aryl methyl sites for hydroxylation is 1. The molecular weight excluding hydrogens is 348 g/mol. The first-order chi connectivity index (χ1) is 12.7.